The molecule has 2 aromatic heterocycles. The van der Waals surface area contributed by atoms with Gasteiger partial charge in [0.1, 0.15) is 17.2 Å². The van der Waals surface area contributed by atoms with Gasteiger partial charge in [-0.2, -0.15) is 0 Å². The van der Waals surface area contributed by atoms with Crippen molar-refractivity contribution in [2.24, 2.45) is 0 Å². The van der Waals surface area contributed by atoms with Gasteiger partial charge in [-0.15, -0.1) is 23.1 Å². The van der Waals surface area contributed by atoms with E-state index in [9.17, 15) is 14.9 Å². The Hall–Kier alpha value is -2.08. The number of benzene rings is 1. The maximum absolute atomic E-state index is 11.0. The lowest BCUT2D eigenvalue weighted by Crippen LogP contribution is -2.33. The van der Waals surface area contributed by atoms with Gasteiger partial charge in [0.25, 0.3) is 5.69 Å². The van der Waals surface area contributed by atoms with Crippen LogP contribution in [0, 0.1) is 10.1 Å². The topological polar surface area (TPSA) is 118 Å². The molecule has 26 heavy (non-hydrogen) atoms. The molecule has 2 N–H and O–H groups in total. The second kappa shape index (κ2) is 6.91. The van der Waals surface area contributed by atoms with Crippen LogP contribution in [0.5, 0.6) is 0 Å². The maximum atomic E-state index is 11.0. The summed E-state index contributed by atoms with van der Waals surface area (Å²) >= 11 is 4.18. The second-order valence-corrected chi connectivity index (χ2v) is 8.84. The summed E-state index contributed by atoms with van der Waals surface area (Å²) in [5, 5.41) is 23.4. The molecular formula is C15H11N3O5S3. The maximum Gasteiger partial charge on any atom is 0.321 e. The lowest BCUT2D eigenvalue weighted by molar-refractivity contribution is -0.384. The Kier molecular flexibility index (Phi) is 4.61. The minimum absolute atomic E-state index is 0.0373. The van der Waals surface area contributed by atoms with E-state index >= 15 is 0 Å². The molecule has 8 nitrogen and oxygen atoms in total. The van der Waals surface area contributed by atoms with E-state index in [0.29, 0.717) is 22.1 Å². The van der Waals surface area contributed by atoms with Crippen molar-refractivity contribution in [2.75, 3.05) is 5.75 Å². The Morgan fingerprint density at radius 2 is 2.27 bits per heavy atom. The summed E-state index contributed by atoms with van der Waals surface area (Å²) in [7, 11) is 0. The van der Waals surface area contributed by atoms with Crippen molar-refractivity contribution < 1.29 is 19.2 Å². The number of nitrogens with zero attached hydrogens (tertiary/aromatic N) is 2. The van der Waals surface area contributed by atoms with E-state index in [0.717, 1.165) is 9.04 Å². The molecule has 11 heteroatoms. The number of hydrogen-bond donors (Lipinski definition) is 2. The van der Waals surface area contributed by atoms with E-state index in [-0.39, 0.29) is 11.1 Å². The van der Waals surface area contributed by atoms with Crippen molar-refractivity contribution in [2.45, 2.75) is 20.8 Å². The lowest BCUT2D eigenvalue weighted by Gasteiger charge is -2.07. The smallest absolute Gasteiger partial charge is 0.321 e. The van der Waals surface area contributed by atoms with Crippen LogP contribution in [0.4, 0.5) is 5.69 Å². The summed E-state index contributed by atoms with van der Waals surface area (Å²) in [5.41, 5.74) is 0.738. The minimum atomic E-state index is -0.871. The SMILES string of the molecule is O=C(O)[C@@H]1CS[C@@H](c2ccc(Sc3nc4ccc([N+](=O)[O-])cc4s3)o2)N1. The molecule has 4 rings (SSSR count). The third-order valence-corrected chi connectivity index (χ3v) is 6.92. The molecule has 2 atom stereocenters. The summed E-state index contributed by atoms with van der Waals surface area (Å²) in [6.07, 6.45) is 0. The van der Waals surface area contributed by atoms with Crippen LogP contribution in [0.2, 0.25) is 0 Å². The van der Waals surface area contributed by atoms with Crippen LogP contribution < -0.4 is 5.32 Å². The Morgan fingerprint density at radius 3 is 3.00 bits per heavy atom. The number of non-ortho nitro benzene ring substituents is 1. The van der Waals surface area contributed by atoms with Crippen molar-refractivity contribution in [1.29, 1.82) is 0 Å². The normalized spacial score (nSPS) is 19.8. The molecule has 1 aliphatic heterocycles. The van der Waals surface area contributed by atoms with E-state index < -0.39 is 16.9 Å². The van der Waals surface area contributed by atoms with Crippen molar-refractivity contribution in [3.8, 4) is 0 Å². The van der Waals surface area contributed by atoms with Gasteiger partial charge in [0.05, 0.1) is 15.1 Å². The minimum Gasteiger partial charge on any atom is -0.480 e. The number of furan rings is 1. The molecule has 0 amide bonds. The highest BCUT2D eigenvalue weighted by molar-refractivity contribution is 8.01. The zero-order valence-electron chi connectivity index (χ0n) is 12.9. The highest BCUT2D eigenvalue weighted by Crippen LogP contribution is 2.39. The van der Waals surface area contributed by atoms with Crippen molar-refractivity contribution in [1.82, 2.24) is 10.3 Å². The standard InChI is InChI=1S/C15H11N3O5S3/c19-14(20)9-6-24-13(16-9)10-3-4-12(23-10)26-15-17-8-2-1-7(18(21)22)5-11(8)25-15/h1-5,9,13,16H,6H2,(H,19,20)/t9-,13-/m0/s1. The number of fused-ring (bicyclic) bond motifs is 1. The van der Waals surface area contributed by atoms with Gasteiger partial charge in [-0.1, -0.05) is 0 Å². The third kappa shape index (κ3) is 3.43. The van der Waals surface area contributed by atoms with Gasteiger partial charge in [0.2, 0.25) is 0 Å². The number of thiazole rings is 1. The van der Waals surface area contributed by atoms with Gasteiger partial charge in [-0.05, 0) is 30.0 Å². The van der Waals surface area contributed by atoms with Crippen LogP contribution in [0.3, 0.4) is 0 Å². The molecule has 0 saturated carbocycles. The monoisotopic (exact) mass is 409 g/mol. The Labute approximate surface area is 159 Å². The van der Waals surface area contributed by atoms with E-state index in [1.165, 1.54) is 47.0 Å². The Balaban J connectivity index is 1.50. The highest BCUT2D eigenvalue weighted by atomic mass is 32.2. The molecule has 0 unspecified atom stereocenters. The summed E-state index contributed by atoms with van der Waals surface area (Å²) in [5.74, 6) is 0.280. The number of carboxylic acid groups (broad SMARTS) is 1. The van der Waals surface area contributed by atoms with Crippen molar-refractivity contribution in [3.05, 3.63) is 46.2 Å². The highest BCUT2D eigenvalue weighted by Gasteiger charge is 2.32. The summed E-state index contributed by atoms with van der Waals surface area (Å²) in [6, 6.07) is 7.62. The number of nitro benzene ring substituents is 1. The molecule has 1 aromatic carbocycles. The number of carboxylic acids is 1. The quantitative estimate of drug-likeness (QED) is 0.480. The van der Waals surface area contributed by atoms with Crippen LogP contribution in [0.1, 0.15) is 11.1 Å². The predicted molar refractivity (Wildman–Crippen MR) is 98.9 cm³/mol. The van der Waals surface area contributed by atoms with E-state index in [4.69, 9.17) is 9.52 Å². The summed E-state index contributed by atoms with van der Waals surface area (Å²) in [6.45, 7) is 0. The van der Waals surface area contributed by atoms with Gasteiger partial charge < -0.3 is 9.52 Å². The number of thioether (sulfide) groups is 1. The molecule has 0 bridgehead atoms. The fourth-order valence-corrected chi connectivity index (χ4v) is 5.62. The molecule has 1 saturated heterocycles. The Morgan fingerprint density at radius 1 is 1.42 bits per heavy atom. The zero-order valence-corrected chi connectivity index (χ0v) is 15.4. The third-order valence-electron chi connectivity index (χ3n) is 3.69. The largest absolute Gasteiger partial charge is 0.480 e. The first-order valence-corrected chi connectivity index (χ1v) is 10.1. The number of nitrogens with one attached hydrogen (secondary N) is 1. The molecule has 0 spiro atoms. The van der Waals surface area contributed by atoms with Crippen molar-refractivity contribution >= 4 is 56.7 Å². The van der Waals surface area contributed by atoms with Gasteiger partial charge >= 0.3 is 5.97 Å². The van der Waals surface area contributed by atoms with Crippen LogP contribution in [-0.4, -0.2) is 32.8 Å². The first-order chi connectivity index (χ1) is 12.5. The number of hydrogen-bond acceptors (Lipinski definition) is 9. The predicted octanol–water partition coefficient (Wildman–Crippen LogP) is 3.74. The summed E-state index contributed by atoms with van der Waals surface area (Å²) in [4.78, 5) is 25.9. The molecule has 3 aromatic rings. The molecule has 3 heterocycles. The zero-order chi connectivity index (χ0) is 18.3. The molecule has 134 valence electrons. The fourth-order valence-electron chi connectivity index (χ4n) is 2.44. The van der Waals surface area contributed by atoms with Crippen molar-refractivity contribution in [3.63, 3.8) is 0 Å². The lowest BCUT2D eigenvalue weighted by atomic mass is 10.3. The molecular weight excluding hydrogens is 398 g/mol. The molecule has 0 radical (unpaired) electrons. The van der Waals surface area contributed by atoms with Crippen LogP contribution in [-0.2, 0) is 4.79 Å². The number of rotatable bonds is 5. The molecule has 1 fully saturated rings. The number of aliphatic carboxylic acids is 1. The van der Waals surface area contributed by atoms with Gasteiger partial charge in [0.15, 0.2) is 9.43 Å². The van der Waals surface area contributed by atoms with Crippen LogP contribution in [0.25, 0.3) is 10.2 Å². The number of carbonyl (C=O) groups is 1. The average Bonchev–Trinajstić information content (AvgIpc) is 3.32. The fraction of sp³-hybridized carbons (Fsp3) is 0.200. The van der Waals surface area contributed by atoms with Crippen LogP contribution in [0.15, 0.2) is 44.2 Å². The molecule has 1 aliphatic rings. The Bertz CT molecular complexity index is 1000. The van der Waals surface area contributed by atoms with E-state index in [1.54, 1.807) is 6.07 Å². The molecule has 0 aliphatic carbocycles. The first-order valence-electron chi connectivity index (χ1n) is 7.42. The van der Waals surface area contributed by atoms with E-state index in [2.05, 4.69) is 10.3 Å². The van der Waals surface area contributed by atoms with Crippen LogP contribution >= 0.6 is 34.9 Å². The van der Waals surface area contributed by atoms with Gasteiger partial charge in [-0.3, -0.25) is 20.2 Å². The number of nitro groups is 1. The van der Waals surface area contributed by atoms with Gasteiger partial charge in [-0.25, -0.2) is 4.98 Å². The van der Waals surface area contributed by atoms with Gasteiger partial charge in [0, 0.05) is 17.9 Å². The first kappa shape index (κ1) is 17.3. The van der Waals surface area contributed by atoms with E-state index in [1.807, 2.05) is 12.1 Å². The average molecular weight is 409 g/mol. The summed E-state index contributed by atoms with van der Waals surface area (Å²) < 4.78 is 7.26. The second-order valence-electron chi connectivity index (χ2n) is 5.42. The number of aromatic nitrogens is 1.